The molecule has 4 rings (SSSR count). The van der Waals surface area contributed by atoms with Gasteiger partial charge in [-0.15, -0.1) is 0 Å². The average molecular weight is 417 g/mol. The third kappa shape index (κ3) is 3.62. The highest BCUT2D eigenvalue weighted by molar-refractivity contribution is 5.94. The molecule has 158 valence electrons. The monoisotopic (exact) mass is 417 g/mol. The van der Waals surface area contributed by atoms with Crippen LogP contribution in [0.4, 0.5) is 13.2 Å². The van der Waals surface area contributed by atoms with Crippen LogP contribution in [-0.4, -0.2) is 45.5 Å². The maximum absolute atomic E-state index is 13.6. The van der Waals surface area contributed by atoms with Crippen molar-refractivity contribution in [1.82, 2.24) is 20.0 Å². The highest BCUT2D eigenvalue weighted by atomic mass is 19.4. The molecule has 3 heterocycles. The lowest BCUT2D eigenvalue weighted by Crippen LogP contribution is -2.39. The molecule has 2 aliphatic heterocycles. The van der Waals surface area contributed by atoms with Crippen LogP contribution in [0.5, 0.6) is 0 Å². The number of carbonyl (C=O) groups is 1. The Morgan fingerprint density at radius 3 is 2.67 bits per heavy atom. The van der Waals surface area contributed by atoms with Gasteiger partial charge in [-0.3, -0.25) is 9.89 Å². The third-order valence-electron chi connectivity index (χ3n) is 6.09. The molecule has 0 unspecified atom stereocenters. The summed E-state index contributed by atoms with van der Waals surface area (Å²) in [6.45, 7) is 3.21. The zero-order chi connectivity index (χ0) is 21.5. The van der Waals surface area contributed by atoms with Crippen LogP contribution in [0.2, 0.25) is 0 Å². The Morgan fingerprint density at radius 2 is 2.00 bits per heavy atom. The molecule has 2 aromatic rings. The second-order valence-electron chi connectivity index (χ2n) is 7.90. The first-order valence-corrected chi connectivity index (χ1v) is 9.96. The van der Waals surface area contributed by atoms with Crippen LogP contribution in [0.25, 0.3) is 0 Å². The molecule has 30 heavy (non-hydrogen) atoms. The number of carbonyl (C=O) groups excluding carboxylic acids is 1. The fraction of sp³-hybridized carbons (Fsp3) is 0.476. The Kier molecular flexibility index (Phi) is 5.18. The number of nitriles is 1. The molecule has 1 aromatic heterocycles. The Bertz CT molecular complexity index is 999. The van der Waals surface area contributed by atoms with Gasteiger partial charge >= 0.3 is 6.18 Å². The number of aromatic amines is 1. The number of aromatic nitrogens is 2. The number of hydrogen-bond acceptors (Lipinski definition) is 4. The molecule has 0 saturated carbocycles. The standard InChI is InChI=1S/C21H22F3N5O/c1-13-3-2-4-15(18(13)21(22,23)24)14-5-9-29(10-6-14)20(30)19-16-7-8-28(12-25)11-17(16)26-27-19/h2-4,14H,5-11H2,1H3,(H,26,27). The summed E-state index contributed by atoms with van der Waals surface area (Å²) < 4.78 is 40.7. The normalized spacial score (nSPS) is 17.6. The summed E-state index contributed by atoms with van der Waals surface area (Å²) in [7, 11) is 0. The third-order valence-corrected chi connectivity index (χ3v) is 6.09. The number of aryl methyl sites for hydroxylation is 1. The van der Waals surface area contributed by atoms with Crippen molar-refractivity contribution < 1.29 is 18.0 Å². The fourth-order valence-electron chi connectivity index (χ4n) is 4.54. The van der Waals surface area contributed by atoms with Crippen molar-refractivity contribution in [2.45, 2.75) is 44.8 Å². The number of piperidine rings is 1. The largest absolute Gasteiger partial charge is 0.416 e. The zero-order valence-corrected chi connectivity index (χ0v) is 16.6. The Morgan fingerprint density at radius 1 is 1.27 bits per heavy atom. The number of H-pyrrole nitrogens is 1. The minimum atomic E-state index is -4.39. The van der Waals surface area contributed by atoms with Crippen molar-refractivity contribution in [3.63, 3.8) is 0 Å². The molecule has 1 saturated heterocycles. The van der Waals surface area contributed by atoms with Crippen molar-refractivity contribution in [3.8, 4) is 6.19 Å². The summed E-state index contributed by atoms with van der Waals surface area (Å²) >= 11 is 0. The van der Waals surface area contributed by atoms with Crippen LogP contribution in [0, 0.1) is 18.4 Å². The number of hydrogen-bond donors (Lipinski definition) is 1. The highest BCUT2D eigenvalue weighted by Crippen LogP contribution is 2.40. The molecule has 2 aliphatic rings. The number of likely N-dealkylation sites (tertiary alicyclic amines) is 1. The van der Waals surface area contributed by atoms with E-state index in [1.54, 1.807) is 21.9 Å². The molecule has 1 amide bonds. The SMILES string of the molecule is Cc1cccc(C2CCN(C(=O)c3n[nH]c4c3CCN(C#N)C4)CC2)c1C(F)(F)F. The van der Waals surface area contributed by atoms with Gasteiger partial charge in [0.25, 0.3) is 5.91 Å². The first-order chi connectivity index (χ1) is 14.3. The molecule has 6 nitrogen and oxygen atoms in total. The lowest BCUT2D eigenvalue weighted by molar-refractivity contribution is -0.139. The van der Waals surface area contributed by atoms with Crippen LogP contribution in [0.15, 0.2) is 18.2 Å². The second-order valence-corrected chi connectivity index (χ2v) is 7.90. The number of alkyl halides is 3. The number of benzene rings is 1. The number of nitrogens with zero attached hydrogens (tertiary/aromatic N) is 4. The summed E-state index contributed by atoms with van der Waals surface area (Å²) in [4.78, 5) is 16.3. The van der Waals surface area contributed by atoms with Gasteiger partial charge in [0.05, 0.1) is 17.8 Å². The lowest BCUT2D eigenvalue weighted by atomic mass is 9.84. The Labute approximate surface area is 172 Å². The van der Waals surface area contributed by atoms with E-state index in [0.717, 1.165) is 11.3 Å². The van der Waals surface area contributed by atoms with Gasteiger partial charge in [0.2, 0.25) is 0 Å². The predicted molar refractivity (Wildman–Crippen MR) is 102 cm³/mol. The molecule has 0 spiro atoms. The molecule has 0 atom stereocenters. The van der Waals surface area contributed by atoms with Gasteiger partial charge in [-0.25, -0.2) is 0 Å². The zero-order valence-electron chi connectivity index (χ0n) is 16.6. The molecule has 0 radical (unpaired) electrons. The van der Waals surface area contributed by atoms with Crippen LogP contribution in [0.3, 0.4) is 0 Å². The quantitative estimate of drug-likeness (QED) is 0.758. The van der Waals surface area contributed by atoms with Gasteiger partial charge in [0.1, 0.15) is 0 Å². The minimum Gasteiger partial charge on any atom is -0.337 e. The number of fused-ring (bicyclic) bond motifs is 1. The first kappa shape index (κ1) is 20.3. The number of halogens is 3. The number of nitrogens with one attached hydrogen (secondary N) is 1. The van der Waals surface area contributed by atoms with Gasteiger partial charge in [-0.05, 0) is 43.2 Å². The van der Waals surface area contributed by atoms with Crippen molar-refractivity contribution in [2.75, 3.05) is 19.6 Å². The van der Waals surface area contributed by atoms with Crippen molar-refractivity contribution in [1.29, 1.82) is 5.26 Å². The van der Waals surface area contributed by atoms with E-state index < -0.39 is 11.7 Å². The van der Waals surface area contributed by atoms with Gasteiger partial charge in [-0.2, -0.15) is 23.5 Å². The topological polar surface area (TPSA) is 76.0 Å². The molecular formula is C21H22F3N5O. The van der Waals surface area contributed by atoms with Gasteiger partial charge < -0.3 is 9.80 Å². The second kappa shape index (κ2) is 7.67. The molecule has 0 aliphatic carbocycles. The van der Waals surface area contributed by atoms with Crippen molar-refractivity contribution in [3.05, 3.63) is 51.8 Å². The van der Waals surface area contributed by atoms with E-state index in [9.17, 15) is 18.0 Å². The van der Waals surface area contributed by atoms with Crippen LogP contribution < -0.4 is 0 Å². The summed E-state index contributed by atoms with van der Waals surface area (Å²) in [5, 5.41) is 16.1. The minimum absolute atomic E-state index is 0.198. The van der Waals surface area contributed by atoms with Crippen LogP contribution in [-0.2, 0) is 19.1 Å². The van der Waals surface area contributed by atoms with E-state index in [2.05, 4.69) is 16.4 Å². The van der Waals surface area contributed by atoms with Crippen molar-refractivity contribution >= 4 is 5.91 Å². The molecule has 1 aromatic carbocycles. The van der Waals surface area contributed by atoms with E-state index in [0.29, 0.717) is 56.7 Å². The van der Waals surface area contributed by atoms with Crippen LogP contribution >= 0.6 is 0 Å². The summed E-state index contributed by atoms with van der Waals surface area (Å²) in [6.07, 6.45) is -0.770. The van der Waals surface area contributed by atoms with E-state index in [-0.39, 0.29) is 17.4 Å². The summed E-state index contributed by atoms with van der Waals surface area (Å²) in [5.41, 5.74) is 1.99. The molecule has 1 fully saturated rings. The van der Waals surface area contributed by atoms with Gasteiger partial charge in [0.15, 0.2) is 11.9 Å². The van der Waals surface area contributed by atoms with E-state index >= 15 is 0 Å². The van der Waals surface area contributed by atoms with Gasteiger partial charge in [0, 0.05) is 25.2 Å². The summed E-state index contributed by atoms with van der Waals surface area (Å²) in [6, 6.07) is 4.71. The highest BCUT2D eigenvalue weighted by Gasteiger charge is 2.38. The smallest absolute Gasteiger partial charge is 0.337 e. The fourth-order valence-corrected chi connectivity index (χ4v) is 4.54. The molecule has 1 N–H and O–H groups in total. The number of amides is 1. The van der Waals surface area contributed by atoms with Gasteiger partial charge in [-0.1, -0.05) is 18.2 Å². The molecule has 0 bridgehead atoms. The summed E-state index contributed by atoms with van der Waals surface area (Å²) in [5.74, 6) is -0.431. The average Bonchev–Trinajstić information content (AvgIpc) is 3.15. The Balaban J connectivity index is 1.48. The van der Waals surface area contributed by atoms with Crippen molar-refractivity contribution in [2.24, 2.45) is 0 Å². The van der Waals surface area contributed by atoms with E-state index in [4.69, 9.17) is 5.26 Å². The first-order valence-electron chi connectivity index (χ1n) is 9.96. The number of rotatable bonds is 2. The Hall–Kier alpha value is -3.02. The molecular weight excluding hydrogens is 395 g/mol. The van der Waals surface area contributed by atoms with Crippen LogP contribution in [0.1, 0.15) is 57.2 Å². The molecule has 9 heteroatoms. The maximum atomic E-state index is 13.6. The van der Waals surface area contributed by atoms with E-state index in [1.165, 1.54) is 13.0 Å². The van der Waals surface area contributed by atoms with E-state index in [1.807, 2.05) is 0 Å². The lowest BCUT2D eigenvalue weighted by Gasteiger charge is -2.33. The maximum Gasteiger partial charge on any atom is 0.416 e. The predicted octanol–water partition coefficient (Wildman–Crippen LogP) is 3.60.